The van der Waals surface area contributed by atoms with E-state index in [1.165, 1.54) is 4.90 Å². The molecule has 0 aliphatic carbocycles. The van der Waals surface area contributed by atoms with Crippen LogP contribution >= 0.6 is 11.6 Å². The Morgan fingerprint density at radius 1 is 1.22 bits per heavy atom. The molecule has 1 atom stereocenters. The van der Waals surface area contributed by atoms with E-state index >= 15 is 0 Å². The van der Waals surface area contributed by atoms with E-state index < -0.39 is 0 Å². The SMILES string of the molecule is COc1cccc(C[NH+]2COc3c(Cl)cc4c(C)c(C)c(=O)oc4c3C2)c1. The van der Waals surface area contributed by atoms with Gasteiger partial charge in [-0.05, 0) is 37.6 Å². The molecule has 1 aliphatic heterocycles. The van der Waals surface area contributed by atoms with Crippen LogP contribution in [-0.4, -0.2) is 13.8 Å². The maximum atomic E-state index is 12.2. The Bertz CT molecular complexity index is 1090. The molecule has 1 N–H and O–H groups in total. The van der Waals surface area contributed by atoms with Gasteiger partial charge in [0.25, 0.3) is 0 Å². The van der Waals surface area contributed by atoms with Crippen molar-refractivity contribution in [2.75, 3.05) is 13.8 Å². The van der Waals surface area contributed by atoms with Crippen molar-refractivity contribution in [3.8, 4) is 11.5 Å². The monoisotopic (exact) mass is 386 g/mol. The number of quaternary nitrogens is 1. The third-order valence-electron chi connectivity index (χ3n) is 5.18. The van der Waals surface area contributed by atoms with Crippen molar-refractivity contribution >= 4 is 22.6 Å². The summed E-state index contributed by atoms with van der Waals surface area (Å²) in [6.45, 7) is 5.60. The fourth-order valence-corrected chi connectivity index (χ4v) is 3.84. The van der Waals surface area contributed by atoms with Crippen LogP contribution in [0.25, 0.3) is 11.0 Å². The number of rotatable bonds is 3. The maximum Gasteiger partial charge on any atom is 0.339 e. The van der Waals surface area contributed by atoms with Gasteiger partial charge in [0.1, 0.15) is 18.8 Å². The highest BCUT2D eigenvalue weighted by Gasteiger charge is 2.28. The van der Waals surface area contributed by atoms with Gasteiger partial charge in [0.2, 0.25) is 6.73 Å². The molecule has 0 amide bonds. The quantitative estimate of drug-likeness (QED) is 0.703. The smallest absolute Gasteiger partial charge is 0.339 e. The highest BCUT2D eigenvalue weighted by atomic mass is 35.5. The molecule has 0 bridgehead atoms. The average Bonchev–Trinajstić information content (AvgIpc) is 2.67. The number of methoxy groups -OCH3 is 1. The van der Waals surface area contributed by atoms with Crippen LogP contribution in [0.3, 0.4) is 0 Å². The summed E-state index contributed by atoms with van der Waals surface area (Å²) < 4.78 is 16.9. The number of hydrogen-bond acceptors (Lipinski definition) is 4. The van der Waals surface area contributed by atoms with Gasteiger partial charge in [0.15, 0.2) is 11.3 Å². The number of hydrogen-bond donors (Lipinski definition) is 1. The van der Waals surface area contributed by atoms with Crippen molar-refractivity contribution in [2.24, 2.45) is 0 Å². The van der Waals surface area contributed by atoms with Crippen LogP contribution in [-0.2, 0) is 13.1 Å². The van der Waals surface area contributed by atoms with Crippen LogP contribution in [0.4, 0.5) is 0 Å². The summed E-state index contributed by atoms with van der Waals surface area (Å²) in [7, 11) is 1.66. The van der Waals surface area contributed by atoms with Crippen LogP contribution in [0.1, 0.15) is 22.3 Å². The van der Waals surface area contributed by atoms with Gasteiger partial charge in [-0.15, -0.1) is 0 Å². The lowest BCUT2D eigenvalue weighted by Crippen LogP contribution is -3.10. The van der Waals surface area contributed by atoms with Crippen LogP contribution < -0.4 is 20.0 Å². The number of aryl methyl sites for hydroxylation is 1. The summed E-state index contributed by atoms with van der Waals surface area (Å²) in [5.74, 6) is 1.45. The Morgan fingerprint density at radius 2 is 2.04 bits per heavy atom. The second-order valence-corrected chi connectivity index (χ2v) is 7.33. The maximum absolute atomic E-state index is 12.2. The molecule has 4 rings (SSSR count). The zero-order chi connectivity index (χ0) is 19.1. The Kier molecular flexibility index (Phi) is 4.58. The van der Waals surface area contributed by atoms with Crippen LogP contribution in [0, 0.1) is 13.8 Å². The molecule has 0 spiro atoms. The molecule has 1 aliphatic rings. The van der Waals surface area contributed by atoms with Crippen LogP contribution in [0.5, 0.6) is 11.5 Å². The predicted molar refractivity (Wildman–Crippen MR) is 104 cm³/mol. The first-order valence-corrected chi connectivity index (χ1v) is 9.20. The Balaban J connectivity index is 1.74. The molecule has 0 radical (unpaired) electrons. The molecule has 1 unspecified atom stereocenters. The van der Waals surface area contributed by atoms with Gasteiger partial charge in [0.05, 0.1) is 17.7 Å². The molecule has 2 heterocycles. The van der Waals surface area contributed by atoms with Gasteiger partial charge < -0.3 is 13.9 Å². The molecular formula is C21H21ClNO4+. The second kappa shape index (κ2) is 6.91. The minimum absolute atomic E-state index is 0.315. The first kappa shape index (κ1) is 17.9. The topological polar surface area (TPSA) is 53.1 Å². The molecule has 140 valence electrons. The number of fused-ring (bicyclic) bond motifs is 3. The standard InChI is InChI=1S/C21H20ClNO4/c1-12-13(2)21(24)27-19-16(12)8-18(22)20-17(19)10-23(11-26-20)9-14-5-4-6-15(7-14)25-3/h4-8H,9-11H2,1-3H3/p+1. The van der Waals surface area contributed by atoms with Crippen LogP contribution in [0.15, 0.2) is 39.5 Å². The van der Waals surface area contributed by atoms with Crippen molar-refractivity contribution in [1.82, 2.24) is 0 Å². The molecule has 1 aromatic heterocycles. The summed E-state index contributed by atoms with van der Waals surface area (Å²) in [6.07, 6.45) is 0. The van der Waals surface area contributed by atoms with Crippen molar-refractivity contribution < 1.29 is 18.8 Å². The minimum atomic E-state index is -0.315. The minimum Gasteiger partial charge on any atom is -0.497 e. The van der Waals surface area contributed by atoms with E-state index in [1.807, 2.05) is 31.2 Å². The van der Waals surface area contributed by atoms with E-state index in [-0.39, 0.29) is 5.63 Å². The molecule has 2 aromatic carbocycles. The summed E-state index contributed by atoms with van der Waals surface area (Å²) in [5, 5.41) is 1.41. The number of halogens is 1. The average molecular weight is 387 g/mol. The summed E-state index contributed by atoms with van der Waals surface area (Å²) in [5.41, 5.74) is 3.76. The van der Waals surface area contributed by atoms with Crippen molar-refractivity contribution in [1.29, 1.82) is 0 Å². The zero-order valence-corrected chi connectivity index (χ0v) is 16.3. The fraction of sp³-hybridized carbons (Fsp3) is 0.286. The van der Waals surface area contributed by atoms with Crippen molar-refractivity contribution in [3.63, 3.8) is 0 Å². The predicted octanol–water partition coefficient (Wildman–Crippen LogP) is 3.01. The number of nitrogens with one attached hydrogen (secondary N) is 1. The first-order chi connectivity index (χ1) is 13.0. The number of ether oxygens (including phenoxy) is 2. The van der Waals surface area contributed by atoms with Crippen LogP contribution in [0.2, 0.25) is 5.02 Å². The largest absolute Gasteiger partial charge is 0.497 e. The molecule has 6 heteroatoms. The van der Waals surface area contributed by atoms with Gasteiger partial charge in [-0.3, -0.25) is 4.90 Å². The molecule has 5 nitrogen and oxygen atoms in total. The van der Waals surface area contributed by atoms with E-state index in [0.717, 1.165) is 34.4 Å². The highest BCUT2D eigenvalue weighted by molar-refractivity contribution is 6.33. The lowest BCUT2D eigenvalue weighted by atomic mass is 10.0. The first-order valence-electron chi connectivity index (χ1n) is 8.82. The Labute approximate surface area is 162 Å². The summed E-state index contributed by atoms with van der Waals surface area (Å²) in [6, 6.07) is 9.81. The van der Waals surface area contributed by atoms with Crippen molar-refractivity contribution in [3.05, 3.63) is 68.0 Å². The lowest BCUT2D eigenvalue weighted by molar-refractivity contribution is -0.945. The van der Waals surface area contributed by atoms with Gasteiger partial charge >= 0.3 is 5.63 Å². The fourth-order valence-electron chi connectivity index (χ4n) is 3.56. The molecule has 27 heavy (non-hydrogen) atoms. The second-order valence-electron chi connectivity index (χ2n) is 6.93. The van der Waals surface area contributed by atoms with E-state index in [9.17, 15) is 4.79 Å². The van der Waals surface area contributed by atoms with Gasteiger partial charge in [-0.25, -0.2) is 4.79 Å². The normalized spacial score (nSPS) is 16.1. The van der Waals surface area contributed by atoms with Gasteiger partial charge in [-0.2, -0.15) is 0 Å². The van der Waals surface area contributed by atoms with Crippen molar-refractivity contribution in [2.45, 2.75) is 26.9 Å². The van der Waals surface area contributed by atoms with E-state index in [4.69, 9.17) is 25.5 Å². The van der Waals surface area contributed by atoms with E-state index in [2.05, 4.69) is 6.07 Å². The Morgan fingerprint density at radius 3 is 2.81 bits per heavy atom. The summed E-state index contributed by atoms with van der Waals surface area (Å²) in [4.78, 5) is 13.4. The molecule has 0 saturated carbocycles. The highest BCUT2D eigenvalue weighted by Crippen LogP contribution is 2.37. The molecule has 0 saturated heterocycles. The molecular weight excluding hydrogens is 366 g/mol. The molecule has 3 aromatic rings. The van der Waals surface area contributed by atoms with E-state index in [0.29, 0.717) is 35.2 Å². The third-order valence-corrected chi connectivity index (χ3v) is 5.46. The lowest BCUT2D eigenvalue weighted by Gasteiger charge is -2.27. The van der Waals surface area contributed by atoms with E-state index in [1.54, 1.807) is 14.0 Å². The third kappa shape index (κ3) is 3.17. The summed E-state index contributed by atoms with van der Waals surface area (Å²) >= 11 is 6.46. The zero-order valence-electron chi connectivity index (χ0n) is 15.5. The number of benzene rings is 2. The Hall–Kier alpha value is -2.50. The molecule has 0 fully saturated rings. The van der Waals surface area contributed by atoms with Gasteiger partial charge in [-0.1, -0.05) is 23.7 Å². The van der Waals surface area contributed by atoms with Gasteiger partial charge in [0, 0.05) is 16.5 Å².